The fraction of sp³-hybridized carbons (Fsp3) is 0.707. The highest BCUT2D eigenvalue weighted by Gasteiger charge is 2.37. The minimum absolute atomic E-state index is 0. The van der Waals surface area contributed by atoms with E-state index in [2.05, 4.69) is 130 Å². The van der Waals surface area contributed by atoms with Gasteiger partial charge in [-0.1, -0.05) is 39.0 Å². The number of hydrogen-bond donors (Lipinski definition) is 2. The van der Waals surface area contributed by atoms with Crippen LogP contribution in [0.1, 0.15) is 56.6 Å². The molecule has 3 atom stereocenters. The van der Waals surface area contributed by atoms with Crippen LogP contribution in [0, 0.1) is 13.8 Å². The third-order valence-electron chi connectivity index (χ3n) is 12.0. The molecule has 3 unspecified atom stereocenters. The number of nitrogens with two attached hydrogens (primary N) is 2. The number of rotatable bonds is 14. The molecule has 2 fully saturated rings. The molecule has 0 aromatic heterocycles. The smallest absolute Gasteiger partial charge is 0.108 e. The SMILES string of the molecule is CCCC(CC[N+](C)(C)C1CCN(c2ccc(N)c(C)c2)C1)[N+](C)(C)C.Cc1cc(N2CCC([N+](C)(C)CCC[Si](C)(C)C)C2)ccc1N.[Cl-].[Cl-].[Cl-]. The van der Waals surface area contributed by atoms with E-state index in [1.165, 1.54) is 93.2 Å². The lowest BCUT2D eigenvalue weighted by atomic mass is 10.0. The molecule has 302 valence electrons. The summed E-state index contributed by atoms with van der Waals surface area (Å²) in [7, 11) is 15.8. The number of benzene rings is 2. The van der Waals surface area contributed by atoms with Gasteiger partial charge in [-0.05, 0) is 74.2 Å². The van der Waals surface area contributed by atoms with Gasteiger partial charge in [0.1, 0.15) is 12.1 Å². The summed E-state index contributed by atoms with van der Waals surface area (Å²) in [6.45, 7) is 21.2. The van der Waals surface area contributed by atoms with Gasteiger partial charge in [0.05, 0.1) is 81.6 Å². The van der Waals surface area contributed by atoms with Crippen LogP contribution in [0.25, 0.3) is 0 Å². The van der Waals surface area contributed by atoms with Crippen LogP contribution in [0.3, 0.4) is 0 Å². The normalized spacial score (nSPS) is 18.5. The largest absolute Gasteiger partial charge is 1.00 e. The Morgan fingerprint density at radius 2 is 1.12 bits per heavy atom. The van der Waals surface area contributed by atoms with E-state index in [1.807, 2.05) is 6.07 Å². The topological polar surface area (TPSA) is 58.5 Å². The van der Waals surface area contributed by atoms with Crippen molar-refractivity contribution in [2.75, 3.05) is 110 Å². The highest BCUT2D eigenvalue weighted by Crippen LogP contribution is 2.30. The number of likely N-dealkylation sites (N-methyl/N-ethyl adjacent to an activating group) is 2. The number of hydrogen-bond acceptors (Lipinski definition) is 4. The van der Waals surface area contributed by atoms with Crippen LogP contribution < -0.4 is 58.5 Å². The summed E-state index contributed by atoms with van der Waals surface area (Å²) in [5.41, 5.74) is 18.8. The lowest BCUT2D eigenvalue weighted by molar-refractivity contribution is -0.926. The number of quaternary nitrogens is 3. The zero-order valence-electron chi connectivity index (χ0n) is 35.4. The van der Waals surface area contributed by atoms with Crippen molar-refractivity contribution in [3.63, 3.8) is 0 Å². The molecule has 11 heteroatoms. The first-order valence-electron chi connectivity index (χ1n) is 19.3. The third-order valence-corrected chi connectivity index (χ3v) is 13.8. The Labute approximate surface area is 340 Å². The quantitative estimate of drug-likeness (QED) is 0.139. The lowest BCUT2D eigenvalue weighted by Gasteiger charge is -2.40. The van der Waals surface area contributed by atoms with Gasteiger partial charge in [-0.25, -0.2) is 0 Å². The van der Waals surface area contributed by atoms with Crippen molar-refractivity contribution >= 4 is 30.8 Å². The maximum absolute atomic E-state index is 5.99. The molecular formula is C41H78Cl3N7Si. The Balaban J connectivity index is 0.000000952. The van der Waals surface area contributed by atoms with Crippen molar-refractivity contribution in [1.82, 2.24) is 0 Å². The summed E-state index contributed by atoms with van der Waals surface area (Å²) in [5.74, 6) is 0. The lowest BCUT2D eigenvalue weighted by Crippen LogP contribution is -3.00. The van der Waals surface area contributed by atoms with Crippen LogP contribution in [-0.4, -0.2) is 128 Å². The van der Waals surface area contributed by atoms with E-state index in [0.717, 1.165) is 50.0 Å². The summed E-state index contributed by atoms with van der Waals surface area (Å²) in [5, 5.41) is 0. The fourth-order valence-electron chi connectivity index (χ4n) is 7.92. The second kappa shape index (κ2) is 21.1. The molecule has 4 N–H and O–H groups in total. The molecule has 4 rings (SSSR count). The Morgan fingerprint density at radius 1 is 0.692 bits per heavy atom. The molecule has 0 bridgehead atoms. The van der Waals surface area contributed by atoms with Crippen LogP contribution in [-0.2, 0) is 0 Å². The minimum atomic E-state index is -0.907. The molecule has 0 radical (unpaired) electrons. The summed E-state index contributed by atoms with van der Waals surface area (Å²) in [6, 6.07) is 16.6. The first kappa shape index (κ1) is 50.6. The number of aryl methyl sites for hydroxylation is 2. The minimum Gasteiger partial charge on any atom is -1.00 e. The van der Waals surface area contributed by atoms with Crippen molar-refractivity contribution in [2.24, 2.45) is 0 Å². The average molecular weight is 804 g/mol. The Morgan fingerprint density at radius 3 is 1.48 bits per heavy atom. The van der Waals surface area contributed by atoms with Gasteiger partial charge in [-0.2, -0.15) is 0 Å². The first-order valence-corrected chi connectivity index (χ1v) is 23.0. The van der Waals surface area contributed by atoms with Gasteiger partial charge >= 0.3 is 0 Å². The number of nitrogens with zero attached hydrogens (tertiary/aromatic N) is 5. The van der Waals surface area contributed by atoms with E-state index >= 15 is 0 Å². The van der Waals surface area contributed by atoms with Crippen LogP contribution in [0.4, 0.5) is 22.7 Å². The van der Waals surface area contributed by atoms with Gasteiger partial charge in [0, 0.05) is 63.2 Å². The second-order valence-corrected chi connectivity index (χ2v) is 24.5. The van der Waals surface area contributed by atoms with Crippen molar-refractivity contribution in [2.45, 2.75) is 103 Å². The maximum atomic E-state index is 5.99. The Hall–Kier alpha value is -1.39. The molecule has 2 aromatic carbocycles. The predicted molar refractivity (Wildman–Crippen MR) is 220 cm³/mol. The highest BCUT2D eigenvalue weighted by atomic mass is 35.5. The van der Waals surface area contributed by atoms with E-state index in [9.17, 15) is 0 Å². The van der Waals surface area contributed by atoms with Crippen molar-refractivity contribution in [3.8, 4) is 0 Å². The maximum Gasteiger partial charge on any atom is 0.108 e. The zero-order valence-corrected chi connectivity index (χ0v) is 38.7. The molecule has 7 nitrogen and oxygen atoms in total. The molecule has 2 saturated heterocycles. The summed E-state index contributed by atoms with van der Waals surface area (Å²) in [6.07, 6.45) is 7.86. The summed E-state index contributed by atoms with van der Waals surface area (Å²) >= 11 is 0. The van der Waals surface area contributed by atoms with Gasteiger partial charge < -0.3 is 71.9 Å². The predicted octanol–water partition coefficient (Wildman–Crippen LogP) is -1.53. The fourth-order valence-corrected chi connectivity index (χ4v) is 9.14. The van der Waals surface area contributed by atoms with Crippen LogP contribution in [0.2, 0.25) is 25.7 Å². The average Bonchev–Trinajstić information content (AvgIpc) is 3.69. The van der Waals surface area contributed by atoms with Crippen molar-refractivity contribution in [3.05, 3.63) is 47.5 Å². The van der Waals surface area contributed by atoms with E-state index in [1.54, 1.807) is 0 Å². The number of anilines is 4. The van der Waals surface area contributed by atoms with E-state index < -0.39 is 8.07 Å². The van der Waals surface area contributed by atoms with Gasteiger partial charge in [0.15, 0.2) is 0 Å². The molecule has 0 saturated carbocycles. The number of halogens is 3. The molecule has 2 aliphatic heterocycles. The van der Waals surface area contributed by atoms with Gasteiger partial charge in [-0.15, -0.1) is 0 Å². The molecule has 2 aliphatic rings. The molecule has 0 spiro atoms. The third kappa shape index (κ3) is 15.0. The number of nitrogen functional groups attached to an aromatic ring is 2. The standard InChI is InChI=1S/C22H42N4.C19H36N3Si.3ClH/c1-8-9-20(25(3,4)5)13-15-26(6,7)21-12-14-24(17-21)19-10-11-22(23)18(2)16-19;1-16-14-17(8-9-19(16)20)21-11-10-18(15-21)22(2,3)12-7-13-23(4,5)6;;;/h10-11,16,20-21H,8-9,12-15,17,23H2,1-7H3;8-9,14,18H,7,10-13,15,20H2,1-6H3;3*1H/q+2;+1;;;/p-3. The first-order chi connectivity index (χ1) is 22.6. The van der Waals surface area contributed by atoms with Crippen LogP contribution >= 0.6 is 0 Å². The second-order valence-electron chi connectivity index (χ2n) is 18.9. The monoisotopic (exact) mass is 802 g/mol. The summed E-state index contributed by atoms with van der Waals surface area (Å²) in [4.78, 5) is 5.08. The summed E-state index contributed by atoms with van der Waals surface area (Å²) < 4.78 is 3.37. The highest BCUT2D eigenvalue weighted by molar-refractivity contribution is 6.76. The molecule has 2 aromatic rings. The molecule has 52 heavy (non-hydrogen) atoms. The van der Waals surface area contributed by atoms with Crippen LogP contribution in [0.15, 0.2) is 36.4 Å². The van der Waals surface area contributed by atoms with E-state index in [-0.39, 0.29) is 37.2 Å². The van der Waals surface area contributed by atoms with Gasteiger partial charge in [0.25, 0.3) is 0 Å². The molecule has 0 amide bonds. The Bertz CT molecular complexity index is 1340. The molecule has 0 aliphatic carbocycles. The Kier molecular flexibility index (Phi) is 20.5. The van der Waals surface area contributed by atoms with Crippen molar-refractivity contribution < 1.29 is 50.7 Å². The van der Waals surface area contributed by atoms with Gasteiger partial charge in [0.2, 0.25) is 0 Å². The van der Waals surface area contributed by atoms with Gasteiger partial charge in [-0.3, -0.25) is 0 Å². The zero-order chi connectivity index (χ0) is 36.8. The molecule has 2 heterocycles. The van der Waals surface area contributed by atoms with Crippen LogP contribution in [0.5, 0.6) is 0 Å². The molecular weight excluding hydrogens is 725 g/mol. The van der Waals surface area contributed by atoms with E-state index in [0.29, 0.717) is 6.04 Å². The van der Waals surface area contributed by atoms with E-state index in [4.69, 9.17) is 11.5 Å². The van der Waals surface area contributed by atoms with Crippen molar-refractivity contribution in [1.29, 1.82) is 0 Å².